The van der Waals surface area contributed by atoms with Gasteiger partial charge in [-0.25, -0.2) is 15.0 Å². The molecule has 0 fully saturated rings. The monoisotopic (exact) mass is 645 g/mol. The minimum absolute atomic E-state index is 0.0599. The topological polar surface area (TPSA) is 57.1 Å². The second-order valence-corrected chi connectivity index (χ2v) is 13.1. The van der Waals surface area contributed by atoms with Gasteiger partial charge in [0.15, 0.2) is 17.5 Å². The Labute approximate surface area is 290 Å². The average Bonchev–Trinajstić information content (AvgIpc) is 3.76. The van der Waals surface area contributed by atoms with Crippen molar-refractivity contribution in [1.82, 2.24) is 15.0 Å². The summed E-state index contributed by atoms with van der Waals surface area (Å²) in [5.74, 6) is 3.90. The Bertz CT molecular complexity index is 2430. The number of para-hydroxylation sites is 2. The van der Waals surface area contributed by atoms with E-state index < -0.39 is 0 Å². The summed E-state index contributed by atoms with van der Waals surface area (Å²) in [5.41, 5.74) is 11.1. The predicted molar refractivity (Wildman–Crippen MR) is 198 cm³/mol. The molecule has 50 heavy (non-hydrogen) atoms. The number of allylic oxidation sites excluding steroid dienone is 4. The number of hydrogen-bond acceptors (Lipinski definition) is 5. The van der Waals surface area contributed by atoms with Gasteiger partial charge in [0.05, 0.1) is 0 Å². The fraction of sp³-hybridized carbons (Fsp3) is 0.0889. The Kier molecular flexibility index (Phi) is 6.69. The number of ether oxygens (including phenoxy) is 2. The summed E-state index contributed by atoms with van der Waals surface area (Å²) in [7, 11) is 0. The zero-order chi connectivity index (χ0) is 33.0. The summed E-state index contributed by atoms with van der Waals surface area (Å²) in [6.45, 7) is 0. The van der Waals surface area contributed by atoms with Crippen LogP contribution in [-0.2, 0) is 0 Å². The lowest BCUT2D eigenvalue weighted by Crippen LogP contribution is -2.19. The number of hydrogen-bond donors (Lipinski definition) is 0. The molecule has 0 saturated heterocycles. The molecule has 5 heteroatoms. The van der Waals surface area contributed by atoms with Crippen LogP contribution in [0.3, 0.4) is 0 Å². The van der Waals surface area contributed by atoms with Crippen molar-refractivity contribution in [3.05, 3.63) is 181 Å². The van der Waals surface area contributed by atoms with E-state index in [9.17, 15) is 0 Å². The fourth-order valence-corrected chi connectivity index (χ4v) is 7.54. The molecule has 0 saturated carbocycles. The van der Waals surface area contributed by atoms with Gasteiger partial charge in [0.1, 0.15) is 23.7 Å². The Balaban J connectivity index is 1.00. The van der Waals surface area contributed by atoms with Crippen molar-refractivity contribution in [2.45, 2.75) is 24.5 Å². The maximum Gasteiger partial charge on any atom is 0.164 e. The van der Waals surface area contributed by atoms with Crippen LogP contribution in [0.2, 0.25) is 0 Å². The number of nitrogens with zero attached hydrogens (tertiary/aromatic N) is 3. The molecule has 10 rings (SSSR count). The van der Waals surface area contributed by atoms with Gasteiger partial charge in [0.2, 0.25) is 0 Å². The summed E-state index contributed by atoms with van der Waals surface area (Å²) in [6, 6.07) is 44.0. The lowest BCUT2D eigenvalue weighted by atomic mass is 9.88. The van der Waals surface area contributed by atoms with Crippen LogP contribution in [0.1, 0.15) is 35.1 Å². The van der Waals surface area contributed by atoms with Crippen LogP contribution in [0.15, 0.2) is 158 Å². The van der Waals surface area contributed by atoms with E-state index in [2.05, 4.69) is 109 Å². The van der Waals surface area contributed by atoms with Crippen LogP contribution in [0.4, 0.5) is 0 Å². The molecular weight excluding hydrogens is 615 g/mol. The molecule has 0 bridgehead atoms. The molecule has 1 aromatic heterocycles. The SMILES string of the molecule is C1=CC2c3cccc(-c4cccc(-c5ccccc5)c4)c3OC2C=C1c1nc(C2=CC=C3c4ccccc4OC3C2)nc(-c2ccccc2)n1. The van der Waals surface area contributed by atoms with Crippen molar-refractivity contribution in [3.8, 4) is 45.1 Å². The van der Waals surface area contributed by atoms with Crippen LogP contribution in [-0.4, -0.2) is 27.2 Å². The van der Waals surface area contributed by atoms with Crippen molar-refractivity contribution < 1.29 is 9.47 Å². The molecule has 2 aliphatic heterocycles. The number of aromatic nitrogens is 3. The molecule has 3 unspecified atom stereocenters. The minimum Gasteiger partial charge on any atom is -0.485 e. The molecule has 0 spiro atoms. The van der Waals surface area contributed by atoms with Crippen LogP contribution in [0.25, 0.3) is 50.4 Å². The molecule has 0 N–H and O–H groups in total. The highest BCUT2D eigenvalue weighted by atomic mass is 16.5. The lowest BCUT2D eigenvalue weighted by molar-refractivity contribution is 0.270. The first-order valence-electron chi connectivity index (χ1n) is 17.1. The Morgan fingerprint density at radius 1 is 0.560 bits per heavy atom. The predicted octanol–water partition coefficient (Wildman–Crippen LogP) is 10.0. The van der Waals surface area contributed by atoms with E-state index in [-0.39, 0.29) is 18.1 Å². The minimum atomic E-state index is -0.173. The van der Waals surface area contributed by atoms with Crippen molar-refractivity contribution in [2.75, 3.05) is 0 Å². The van der Waals surface area contributed by atoms with E-state index in [1.807, 2.05) is 48.5 Å². The first-order chi connectivity index (χ1) is 24.7. The Morgan fingerprint density at radius 2 is 1.26 bits per heavy atom. The van der Waals surface area contributed by atoms with E-state index in [4.69, 9.17) is 24.4 Å². The Hall–Kier alpha value is -6.33. The molecule has 4 aliphatic rings. The molecule has 5 nitrogen and oxygen atoms in total. The lowest BCUT2D eigenvalue weighted by Gasteiger charge is -2.20. The van der Waals surface area contributed by atoms with Gasteiger partial charge in [-0.1, -0.05) is 140 Å². The Morgan fingerprint density at radius 3 is 2.14 bits per heavy atom. The fourth-order valence-electron chi connectivity index (χ4n) is 7.54. The molecule has 238 valence electrons. The largest absolute Gasteiger partial charge is 0.485 e. The maximum absolute atomic E-state index is 6.80. The molecular formula is C45H31N3O2. The molecule has 5 aromatic carbocycles. The highest BCUT2D eigenvalue weighted by Gasteiger charge is 2.36. The summed E-state index contributed by atoms with van der Waals surface area (Å²) in [6.07, 6.45) is 11.3. The molecule has 0 radical (unpaired) electrons. The van der Waals surface area contributed by atoms with Crippen LogP contribution in [0, 0.1) is 0 Å². The zero-order valence-corrected chi connectivity index (χ0v) is 27.1. The van der Waals surface area contributed by atoms with Crippen LogP contribution < -0.4 is 9.47 Å². The van der Waals surface area contributed by atoms with E-state index in [1.54, 1.807) is 0 Å². The molecule has 3 heterocycles. The molecule has 2 aliphatic carbocycles. The van der Waals surface area contributed by atoms with E-state index in [1.165, 1.54) is 22.3 Å². The average molecular weight is 646 g/mol. The number of rotatable bonds is 5. The van der Waals surface area contributed by atoms with Crippen molar-refractivity contribution in [2.24, 2.45) is 0 Å². The van der Waals surface area contributed by atoms with Gasteiger partial charge in [-0.2, -0.15) is 0 Å². The van der Waals surface area contributed by atoms with Crippen molar-refractivity contribution in [1.29, 1.82) is 0 Å². The summed E-state index contributed by atoms with van der Waals surface area (Å²) < 4.78 is 13.2. The third-order valence-corrected chi connectivity index (χ3v) is 10.0. The third-order valence-electron chi connectivity index (χ3n) is 10.0. The van der Waals surface area contributed by atoms with Gasteiger partial charge in [0, 0.05) is 51.3 Å². The molecule has 3 atom stereocenters. The number of benzene rings is 5. The van der Waals surface area contributed by atoms with Gasteiger partial charge in [0.25, 0.3) is 0 Å². The first-order valence-corrected chi connectivity index (χ1v) is 17.1. The van der Waals surface area contributed by atoms with Gasteiger partial charge in [-0.15, -0.1) is 0 Å². The van der Waals surface area contributed by atoms with Crippen molar-refractivity contribution in [3.63, 3.8) is 0 Å². The second kappa shape index (κ2) is 11.7. The normalized spacial score (nSPS) is 19.5. The second-order valence-electron chi connectivity index (χ2n) is 13.1. The van der Waals surface area contributed by atoms with Gasteiger partial charge in [-0.3, -0.25) is 0 Å². The van der Waals surface area contributed by atoms with E-state index in [0.717, 1.165) is 44.9 Å². The summed E-state index contributed by atoms with van der Waals surface area (Å²) in [4.78, 5) is 15.1. The summed E-state index contributed by atoms with van der Waals surface area (Å²) in [5, 5.41) is 0. The maximum atomic E-state index is 6.80. The third kappa shape index (κ3) is 4.89. The zero-order valence-electron chi connectivity index (χ0n) is 27.1. The van der Waals surface area contributed by atoms with Crippen LogP contribution in [0.5, 0.6) is 11.5 Å². The molecule has 0 amide bonds. The summed E-state index contributed by atoms with van der Waals surface area (Å²) >= 11 is 0. The first kappa shape index (κ1) is 28.7. The standard InChI is InChI=1S/C45H31N3O2/c1-3-11-28(12-4-1)30-15-9-16-31(25-30)34-18-10-19-38-37-24-22-33(27-41(37)50-42(34)38)45-47-43(29-13-5-2-6-14-29)46-44(48-45)32-21-23-36-35-17-7-8-20-39(35)49-40(36)26-32/h1-25,27,37,40-41H,26H2. The van der Waals surface area contributed by atoms with E-state index in [0.29, 0.717) is 23.9 Å². The van der Waals surface area contributed by atoms with Gasteiger partial charge < -0.3 is 9.47 Å². The van der Waals surface area contributed by atoms with Crippen LogP contribution >= 0.6 is 0 Å². The highest BCUT2D eigenvalue weighted by Crippen LogP contribution is 2.48. The van der Waals surface area contributed by atoms with Crippen molar-refractivity contribution >= 4 is 16.7 Å². The smallest absolute Gasteiger partial charge is 0.164 e. The van der Waals surface area contributed by atoms with Gasteiger partial charge in [-0.05, 0) is 34.9 Å². The molecule has 6 aromatic rings. The quantitative estimate of drug-likeness (QED) is 0.187. The highest BCUT2D eigenvalue weighted by molar-refractivity contribution is 5.85. The van der Waals surface area contributed by atoms with Gasteiger partial charge >= 0.3 is 0 Å². The number of fused-ring (bicyclic) bond motifs is 6. The van der Waals surface area contributed by atoms with E-state index >= 15 is 0 Å².